The number of aliphatic imine (C=N–C) groups is 1. The van der Waals surface area contributed by atoms with Crippen LogP contribution in [0.1, 0.15) is 29.4 Å². The number of amidine groups is 1. The molecule has 6 rings (SSSR count). The summed E-state index contributed by atoms with van der Waals surface area (Å²) < 4.78 is 4.88. The van der Waals surface area contributed by atoms with Gasteiger partial charge in [-0.15, -0.1) is 0 Å². The Morgan fingerprint density at radius 1 is 1.06 bits per heavy atom. The molecule has 0 saturated carbocycles. The molecule has 31 heavy (non-hydrogen) atoms. The number of carbonyl (C=O) groups excluding carboxylic acids is 2. The molecule has 0 atom stereocenters. The maximum atomic E-state index is 12.4. The Bertz CT molecular complexity index is 1540. The van der Waals surface area contributed by atoms with Gasteiger partial charge in [-0.3, -0.25) is 0 Å². The van der Waals surface area contributed by atoms with E-state index >= 15 is 0 Å². The fraction of sp³-hybridized carbons (Fsp3) is 0.125. The molecule has 2 aliphatic rings. The van der Waals surface area contributed by atoms with Gasteiger partial charge in [-0.2, -0.15) is 0 Å². The standard InChI is InChI=1S/C24H16N3O2Se2/c1-24(2)16-8-5-7-14-13-6-3-4-9-18(13)27(19(14)16)22-17(24)11-12(31-22)10-15-20(28)25-23(30)26-21(15)29/h3-11H,1-2H3,(H,25,26,28,29). The van der Waals surface area contributed by atoms with Crippen LogP contribution >= 0.6 is 0 Å². The molecular formula is C24H16N3O2Se2. The van der Waals surface area contributed by atoms with Gasteiger partial charge in [0.25, 0.3) is 0 Å². The molecule has 2 aromatic heterocycles. The quantitative estimate of drug-likeness (QED) is 0.231. The number of amides is 2. The second kappa shape index (κ2) is 6.41. The normalized spacial score (nSPS) is 18.4. The van der Waals surface area contributed by atoms with Crippen molar-refractivity contribution in [3.8, 4) is 4.56 Å². The molecule has 151 valence electrons. The van der Waals surface area contributed by atoms with Crippen molar-refractivity contribution in [1.29, 1.82) is 0 Å². The van der Waals surface area contributed by atoms with Crippen LogP contribution in [0, 0.1) is 0 Å². The van der Waals surface area contributed by atoms with Crippen LogP contribution in [0.5, 0.6) is 0 Å². The van der Waals surface area contributed by atoms with Gasteiger partial charge in [-0.25, -0.2) is 0 Å². The Hall–Kier alpha value is -2.69. The number of rotatable bonds is 1. The molecule has 0 spiro atoms. The predicted octanol–water partition coefficient (Wildman–Crippen LogP) is 3.04. The maximum absolute atomic E-state index is 12.4. The fourth-order valence-corrected chi connectivity index (χ4v) is 7.73. The van der Waals surface area contributed by atoms with Crippen LogP contribution in [-0.4, -0.2) is 51.6 Å². The minimum atomic E-state index is -0.504. The van der Waals surface area contributed by atoms with E-state index in [1.54, 1.807) is 6.08 Å². The third-order valence-corrected chi connectivity index (χ3v) is 8.81. The second-order valence-electron chi connectivity index (χ2n) is 8.28. The third kappa shape index (κ3) is 2.58. The Labute approximate surface area is 192 Å². The topological polar surface area (TPSA) is 63.5 Å². The average Bonchev–Trinajstić information content (AvgIpc) is 3.29. The van der Waals surface area contributed by atoms with E-state index in [-0.39, 0.29) is 30.2 Å². The predicted molar refractivity (Wildman–Crippen MR) is 124 cm³/mol. The number of nitrogens with one attached hydrogen (secondary N) is 1. The molecule has 0 unspecified atom stereocenters. The Kier molecular flexibility index (Phi) is 3.93. The zero-order valence-electron chi connectivity index (χ0n) is 16.7. The molecule has 0 aliphatic carbocycles. The fourth-order valence-electron chi connectivity index (χ4n) is 4.68. The first-order valence-electron chi connectivity index (χ1n) is 9.86. The summed E-state index contributed by atoms with van der Waals surface area (Å²) in [6.45, 7) is 4.51. The van der Waals surface area contributed by atoms with Crippen LogP contribution in [-0.2, 0) is 15.0 Å². The molecule has 4 aromatic rings. The van der Waals surface area contributed by atoms with Crippen LogP contribution < -0.4 is 5.32 Å². The molecule has 1 N–H and O–H groups in total. The third-order valence-electron chi connectivity index (χ3n) is 6.16. The van der Waals surface area contributed by atoms with E-state index in [4.69, 9.17) is 0 Å². The van der Waals surface area contributed by atoms with Gasteiger partial charge < -0.3 is 0 Å². The van der Waals surface area contributed by atoms with Crippen molar-refractivity contribution in [1.82, 2.24) is 9.88 Å². The van der Waals surface area contributed by atoms with Gasteiger partial charge in [0.1, 0.15) is 0 Å². The molecule has 2 amide bonds. The number of carbonyl (C=O) groups is 2. The zero-order valence-corrected chi connectivity index (χ0v) is 20.1. The number of nitrogens with zero attached hydrogens (tertiary/aromatic N) is 2. The van der Waals surface area contributed by atoms with Crippen LogP contribution in [0.3, 0.4) is 0 Å². The molecule has 0 bridgehead atoms. The van der Waals surface area contributed by atoms with Gasteiger partial charge in [0.05, 0.1) is 0 Å². The molecule has 7 heteroatoms. The number of hydrogen-bond donors (Lipinski definition) is 1. The van der Waals surface area contributed by atoms with Crippen molar-refractivity contribution in [3.63, 3.8) is 0 Å². The van der Waals surface area contributed by atoms with Crippen molar-refractivity contribution in [2.45, 2.75) is 19.3 Å². The van der Waals surface area contributed by atoms with Gasteiger partial charge in [-0.1, -0.05) is 0 Å². The van der Waals surface area contributed by atoms with E-state index in [2.05, 4.69) is 93.3 Å². The molecule has 2 aliphatic heterocycles. The Morgan fingerprint density at radius 2 is 1.84 bits per heavy atom. The Balaban J connectivity index is 1.65. The number of aromatic nitrogens is 1. The van der Waals surface area contributed by atoms with Crippen LogP contribution in [0.4, 0.5) is 0 Å². The minimum absolute atomic E-state index is 0.0508. The first-order valence-corrected chi connectivity index (χ1v) is 12.4. The van der Waals surface area contributed by atoms with E-state index in [1.807, 2.05) is 0 Å². The summed E-state index contributed by atoms with van der Waals surface area (Å²) >= 11 is 2.54. The summed E-state index contributed by atoms with van der Waals surface area (Å²) in [6.07, 6.45) is 1.72. The van der Waals surface area contributed by atoms with Gasteiger partial charge in [0, 0.05) is 0 Å². The van der Waals surface area contributed by atoms with E-state index < -0.39 is 11.8 Å². The van der Waals surface area contributed by atoms with E-state index in [1.165, 1.54) is 37.5 Å². The van der Waals surface area contributed by atoms with Crippen LogP contribution in [0.15, 0.2) is 59.1 Å². The summed E-state index contributed by atoms with van der Waals surface area (Å²) in [7, 11) is 0. The van der Waals surface area contributed by atoms with Crippen molar-refractivity contribution in [2.75, 3.05) is 0 Å². The summed E-state index contributed by atoms with van der Waals surface area (Å²) in [5, 5.41) is 5.10. The summed E-state index contributed by atoms with van der Waals surface area (Å²) in [6, 6.07) is 17.2. The number of fused-ring (bicyclic) bond motifs is 5. The summed E-state index contributed by atoms with van der Waals surface area (Å²) in [5.41, 5.74) is 4.91. The number of para-hydroxylation sites is 2. The van der Waals surface area contributed by atoms with Crippen molar-refractivity contribution < 1.29 is 9.59 Å². The number of hydrogen-bond acceptors (Lipinski definition) is 2. The van der Waals surface area contributed by atoms with E-state index in [0.29, 0.717) is 0 Å². The SMILES string of the molecule is CC1(C)c2cc(/C=C3/C(=O)N=C([Se])NC3=O)[se]c2-n2c3ccccc3c3cccc1c32. The summed E-state index contributed by atoms with van der Waals surface area (Å²) in [4.78, 5) is 28.6. The number of benzene rings is 2. The van der Waals surface area contributed by atoms with Crippen molar-refractivity contribution in [2.24, 2.45) is 4.99 Å². The molecule has 2 aromatic carbocycles. The molecule has 0 fully saturated rings. The van der Waals surface area contributed by atoms with Gasteiger partial charge >= 0.3 is 193 Å². The van der Waals surface area contributed by atoms with Crippen LogP contribution in [0.2, 0.25) is 0 Å². The second-order valence-corrected chi connectivity index (χ2v) is 11.3. The molecule has 0 saturated heterocycles. The van der Waals surface area contributed by atoms with Gasteiger partial charge in [0.2, 0.25) is 0 Å². The van der Waals surface area contributed by atoms with Gasteiger partial charge in [0.15, 0.2) is 0 Å². The molecule has 5 nitrogen and oxygen atoms in total. The average molecular weight is 536 g/mol. The summed E-state index contributed by atoms with van der Waals surface area (Å²) in [5.74, 6) is -0.915. The molecule has 1 radical (unpaired) electrons. The van der Waals surface area contributed by atoms with Gasteiger partial charge in [-0.05, 0) is 0 Å². The van der Waals surface area contributed by atoms with E-state index in [9.17, 15) is 9.59 Å². The molecular weight excluding hydrogens is 520 g/mol. The Morgan fingerprint density at radius 3 is 2.65 bits per heavy atom. The molecule has 4 heterocycles. The first kappa shape index (κ1) is 19.0. The van der Waals surface area contributed by atoms with E-state index in [0.717, 1.165) is 4.44 Å². The van der Waals surface area contributed by atoms with Crippen molar-refractivity contribution >= 4 is 74.9 Å². The van der Waals surface area contributed by atoms with Crippen molar-refractivity contribution in [3.05, 3.63) is 69.7 Å². The first-order chi connectivity index (χ1) is 14.9. The van der Waals surface area contributed by atoms with Crippen LogP contribution in [0.25, 0.3) is 32.4 Å². The monoisotopic (exact) mass is 538 g/mol. The zero-order chi connectivity index (χ0) is 21.5.